The molecule has 0 aliphatic heterocycles. The molecule has 10 rings (SSSR count). The number of fused-ring (bicyclic) bond motifs is 2. The lowest BCUT2D eigenvalue weighted by atomic mass is 10.2. The van der Waals surface area contributed by atoms with E-state index in [0.29, 0.717) is 56.2 Å². The molecule has 0 saturated carbocycles. The maximum Gasteiger partial charge on any atom is 0.417 e. The van der Waals surface area contributed by atoms with Crippen molar-refractivity contribution in [2.75, 3.05) is 20.7 Å². The molecular weight excluding hydrogens is 942 g/mol. The van der Waals surface area contributed by atoms with Crippen LogP contribution in [0.25, 0.3) is 39.1 Å². The van der Waals surface area contributed by atoms with E-state index in [1.165, 1.54) is 42.5 Å². The van der Waals surface area contributed by atoms with Gasteiger partial charge in [-0.15, -0.1) is 0 Å². The first-order valence-corrected chi connectivity index (χ1v) is 21.6. The average Bonchev–Trinajstić information content (AvgIpc) is 3.91. The third kappa shape index (κ3) is 10.2. The fraction of sp³-hybridized carbons (Fsp3) is 0.0196. The fourth-order valence-electron chi connectivity index (χ4n) is 7.29. The van der Waals surface area contributed by atoms with Crippen molar-refractivity contribution in [2.24, 2.45) is 0 Å². The summed E-state index contributed by atoms with van der Waals surface area (Å²) in [5.74, 6) is 0.863. The second-order valence-electron chi connectivity index (χ2n) is 15.4. The lowest BCUT2D eigenvalue weighted by molar-refractivity contribution is -0.137. The highest BCUT2D eigenvalue weighted by Crippen LogP contribution is 2.39. The number of hydrogen-bond donors (Lipinski definition) is 2. The summed E-state index contributed by atoms with van der Waals surface area (Å²) in [6, 6.07) is 31.2. The topological polar surface area (TPSA) is 165 Å². The number of benzene rings is 6. The molecule has 4 amide bonds. The Morgan fingerprint density at radius 3 is 1.89 bits per heavy atom. The summed E-state index contributed by atoms with van der Waals surface area (Å²) in [5.41, 5.74) is 1.79. The van der Waals surface area contributed by atoms with Crippen molar-refractivity contribution in [1.29, 1.82) is 0 Å². The average molecular weight is 974 g/mol. The first kappa shape index (κ1) is 45.3. The van der Waals surface area contributed by atoms with Crippen molar-refractivity contribution in [1.82, 2.24) is 34.5 Å². The number of ether oxygens (including phenoxy) is 2. The molecule has 0 aliphatic carbocycles. The van der Waals surface area contributed by atoms with Crippen LogP contribution in [0.1, 0.15) is 5.56 Å². The Balaban J connectivity index is 1.01. The molecule has 0 radical (unpaired) electrons. The quantitative estimate of drug-likeness (QED) is 0.0995. The van der Waals surface area contributed by atoms with Gasteiger partial charge in [0.15, 0.2) is 5.82 Å². The fourth-order valence-corrected chi connectivity index (χ4v) is 7.51. The number of carbonyl (C=O) groups is 2. The van der Waals surface area contributed by atoms with Gasteiger partial charge in [0.1, 0.15) is 35.1 Å². The maximum absolute atomic E-state index is 14.9. The predicted octanol–water partition coefficient (Wildman–Crippen LogP) is 12.9. The van der Waals surface area contributed by atoms with Crippen LogP contribution in [-0.2, 0) is 6.18 Å². The first-order chi connectivity index (χ1) is 34.4. The van der Waals surface area contributed by atoms with E-state index in [1.54, 1.807) is 109 Å². The highest BCUT2D eigenvalue weighted by Gasteiger charge is 2.37. The van der Waals surface area contributed by atoms with Crippen LogP contribution < -0.4 is 30.1 Å². The molecular formula is C51H32ClF4N11O4. The van der Waals surface area contributed by atoms with Crippen molar-refractivity contribution < 1.29 is 36.6 Å². The molecule has 0 fully saturated rings. The Labute approximate surface area is 404 Å². The van der Waals surface area contributed by atoms with Crippen LogP contribution in [0.4, 0.5) is 49.9 Å². The van der Waals surface area contributed by atoms with Gasteiger partial charge >= 0.3 is 18.2 Å². The van der Waals surface area contributed by atoms with Crippen molar-refractivity contribution in [2.45, 2.75) is 6.18 Å². The first-order valence-electron chi connectivity index (χ1n) is 21.2. The maximum atomic E-state index is 14.9. The third-order valence-corrected chi connectivity index (χ3v) is 10.8. The van der Waals surface area contributed by atoms with Crippen molar-refractivity contribution >= 4 is 68.5 Å². The molecule has 0 bridgehead atoms. The summed E-state index contributed by atoms with van der Waals surface area (Å²) in [7, 11) is 0. The van der Waals surface area contributed by atoms with Crippen LogP contribution in [0, 0.1) is 5.82 Å². The van der Waals surface area contributed by atoms with Gasteiger partial charge in [0.05, 0.1) is 62.1 Å². The van der Waals surface area contributed by atoms with Gasteiger partial charge in [-0.05, 0) is 97.1 Å². The number of imidazole rings is 1. The SMILES string of the molecule is O=C(Nc1cccc(F)c1)N(c1cccc(Oc2ccc3ncc(-n4ccnc4)nc3c2)c1)N(C(=O)Nc1cccc(Oc2ccc3ncc(-c4cccnc4)nc3c2)c1)c1ccc(Cl)c(C(F)(F)F)c1. The summed E-state index contributed by atoms with van der Waals surface area (Å²) in [4.78, 5) is 56.1. The van der Waals surface area contributed by atoms with E-state index in [0.717, 1.165) is 34.8 Å². The monoisotopic (exact) mass is 973 g/mol. The number of amides is 4. The smallest absolute Gasteiger partial charge is 0.417 e. The largest absolute Gasteiger partial charge is 0.457 e. The molecule has 2 N–H and O–H groups in total. The molecule has 0 saturated heterocycles. The molecule has 6 aromatic carbocycles. The number of anilines is 4. The molecule has 15 nitrogen and oxygen atoms in total. The van der Waals surface area contributed by atoms with Gasteiger partial charge in [-0.3, -0.25) is 19.5 Å². The second kappa shape index (κ2) is 19.2. The molecule has 350 valence electrons. The van der Waals surface area contributed by atoms with Crippen LogP contribution in [0.15, 0.2) is 183 Å². The van der Waals surface area contributed by atoms with E-state index >= 15 is 0 Å². The molecule has 71 heavy (non-hydrogen) atoms. The van der Waals surface area contributed by atoms with E-state index in [9.17, 15) is 27.2 Å². The van der Waals surface area contributed by atoms with E-state index in [1.807, 2.05) is 6.07 Å². The Morgan fingerprint density at radius 2 is 1.23 bits per heavy atom. The van der Waals surface area contributed by atoms with Gasteiger partial charge in [0.2, 0.25) is 0 Å². The zero-order chi connectivity index (χ0) is 49.1. The minimum Gasteiger partial charge on any atom is -0.457 e. The number of halogens is 5. The van der Waals surface area contributed by atoms with Crippen LogP contribution in [0.2, 0.25) is 5.02 Å². The van der Waals surface area contributed by atoms with Crippen molar-refractivity contribution in [3.63, 3.8) is 0 Å². The third-order valence-electron chi connectivity index (χ3n) is 10.5. The lowest BCUT2D eigenvalue weighted by Gasteiger charge is -2.35. The number of hydrazine groups is 1. The number of rotatable bonds is 10. The van der Waals surface area contributed by atoms with E-state index < -0.39 is 40.3 Å². The number of aromatic nitrogens is 7. The van der Waals surface area contributed by atoms with Crippen LogP contribution >= 0.6 is 11.6 Å². The minimum atomic E-state index is -4.98. The molecule has 0 unspecified atom stereocenters. The van der Waals surface area contributed by atoms with Gasteiger partial charge in [-0.25, -0.2) is 28.9 Å². The molecule has 0 aliphatic rings. The summed E-state index contributed by atoms with van der Waals surface area (Å²) < 4.78 is 72.2. The Morgan fingerprint density at radius 1 is 0.592 bits per heavy atom. The number of pyridine rings is 1. The summed E-state index contributed by atoms with van der Waals surface area (Å²) in [6.07, 6.45) is 6.45. The molecule has 4 aromatic heterocycles. The van der Waals surface area contributed by atoms with Crippen LogP contribution in [0.5, 0.6) is 23.0 Å². The highest BCUT2D eigenvalue weighted by molar-refractivity contribution is 6.31. The number of nitrogens with one attached hydrogen (secondary N) is 2. The van der Waals surface area contributed by atoms with Crippen molar-refractivity contribution in [3.05, 3.63) is 199 Å². The molecule has 0 spiro atoms. The van der Waals surface area contributed by atoms with Gasteiger partial charge < -0.3 is 20.1 Å². The van der Waals surface area contributed by atoms with Gasteiger partial charge in [-0.2, -0.15) is 23.2 Å². The number of hydrogen-bond acceptors (Lipinski definition) is 10. The van der Waals surface area contributed by atoms with Crippen molar-refractivity contribution in [3.8, 4) is 40.1 Å². The molecule has 10 aromatic rings. The van der Waals surface area contributed by atoms with Crippen LogP contribution in [-0.4, -0.2) is 46.5 Å². The van der Waals surface area contributed by atoms with Gasteiger partial charge in [0.25, 0.3) is 0 Å². The summed E-state index contributed by atoms with van der Waals surface area (Å²) >= 11 is 6.08. The number of urea groups is 2. The lowest BCUT2D eigenvalue weighted by Crippen LogP contribution is -2.54. The second-order valence-corrected chi connectivity index (χ2v) is 15.8. The number of alkyl halides is 3. The highest BCUT2D eigenvalue weighted by atomic mass is 35.5. The zero-order valence-electron chi connectivity index (χ0n) is 36.4. The van der Waals surface area contributed by atoms with Gasteiger partial charge in [0, 0.05) is 66.0 Å². The van der Waals surface area contributed by atoms with Gasteiger partial charge in [-0.1, -0.05) is 29.8 Å². The van der Waals surface area contributed by atoms with E-state index in [-0.39, 0.29) is 28.6 Å². The molecule has 4 heterocycles. The Kier molecular flexibility index (Phi) is 12.3. The number of nitrogens with zero attached hydrogens (tertiary/aromatic N) is 9. The Bertz CT molecular complexity index is 3610. The standard InChI is InChI=1S/C51H32ClF4N11O4/c52-42-15-12-36(24-41(42)51(54,55)56)67(50(69)62-34-8-2-10-37(22-34)70-39-13-16-43-45(25-39)63-47(28-59-43)31-5-4-18-57-27-31)66(49(68)61-33-7-1-6-32(53)21-33)35-9-3-11-38(23-35)71-40-14-17-44-46(26-40)64-48(29-60-44)65-20-19-58-30-65/h1-30H,(H,61,68)(H,62,69). The summed E-state index contributed by atoms with van der Waals surface area (Å²) in [6.45, 7) is 0. The van der Waals surface area contributed by atoms with Crippen LogP contribution in [0.3, 0.4) is 0 Å². The minimum absolute atomic E-state index is 0.0370. The zero-order valence-corrected chi connectivity index (χ0v) is 37.1. The van der Waals surface area contributed by atoms with E-state index in [2.05, 4.69) is 35.6 Å². The number of carbonyl (C=O) groups excluding carboxylic acids is 2. The summed E-state index contributed by atoms with van der Waals surface area (Å²) in [5, 5.41) is 6.04. The molecule has 20 heteroatoms. The Hall–Kier alpha value is -9.49. The van der Waals surface area contributed by atoms with E-state index in [4.69, 9.17) is 26.1 Å². The molecule has 0 atom stereocenters. The predicted molar refractivity (Wildman–Crippen MR) is 258 cm³/mol. The normalized spacial score (nSPS) is 11.3.